The molecule has 1 amide bonds. The number of nitrogens with one attached hydrogen (secondary N) is 1. The molecule has 3 N–H and O–H groups in total. The average molecular weight is 824 g/mol. The molecule has 0 aromatic heterocycles. The molecule has 0 bridgehead atoms. The first-order valence-electron chi connectivity index (χ1n) is 24.7. The molecule has 0 fully saturated rings. The molecule has 3 atom stereocenters. The molecule has 3 unspecified atom stereocenters. The van der Waals surface area contributed by atoms with Crippen molar-refractivity contribution in [2.45, 2.75) is 244 Å². The fourth-order valence-electron chi connectivity index (χ4n) is 7.12. The van der Waals surface area contributed by atoms with Gasteiger partial charge in [0, 0.05) is 6.42 Å². The van der Waals surface area contributed by atoms with E-state index in [0.29, 0.717) is 19.3 Å². The largest absolute Gasteiger partial charge is 0.462 e. The molecule has 0 radical (unpaired) electrons. The zero-order valence-electron chi connectivity index (χ0n) is 38.6. The number of hydrogen-bond donors (Lipinski definition) is 3. The van der Waals surface area contributed by atoms with E-state index in [-0.39, 0.29) is 24.9 Å². The molecule has 0 spiro atoms. The monoisotopic (exact) mass is 824 g/mol. The van der Waals surface area contributed by atoms with Crippen LogP contribution in [0.15, 0.2) is 72.9 Å². The summed E-state index contributed by atoms with van der Waals surface area (Å²) >= 11 is 0. The molecule has 0 aliphatic heterocycles. The number of hydrogen-bond acceptors (Lipinski definition) is 5. The second kappa shape index (κ2) is 46.4. The highest BCUT2D eigenvalue weighted by molar-refractivity contribution is 5.77. The van der Waals surface area contributed by atoms with Gasteiger partial charge in [0.25, 0.3) is 0 Å². The van der Waals surface area contributed by atoms with Crippen LogP contribution in [0.4, 0.5) is 0 Å². The summed E-state index contributed by atoms with van der Waals surface area (Å²) in [6.07, 6.45) is 58.3. The number of rotatable bonds is 43. The molecule has 6 nitrogen and oxygen atoms in total. The Bertz CT molecular complexity index is 1110. The summed E-state index contributed by atoms with van der Waals surface area (Å²) in [5.41, 5.74) is 0. The first-order valence-corrected chi connectivity index (χ1v) is 24.7. The molecule has 0 saturated heterocycles. The minimum absolute atomic E-state index is 0.0275. The summed E-state index contributed by atoms with van der Waals surface area (Å²) in [5.74, 6) is -0.550. The lowest BCUT2D eigenvalue weighted by molar-refractivity contribution is -0.151. The third-order valence-electron chi connectivity index (χ3n) is 10.9. The Morgan fingerprint density at radius 2 is 1.00 bits per heavy atom. The van der Waals surface area contributed by atoms with Gasteiger partial charge in [-0.05, 0) is 70.6 Å². The van der Waals surface area contributed by atoms with Gasteiger partial charge in [0.05, 0.1) is 25.2 Å². The Labute approximate surface area is 364 Å². The van der Waals surface area contributed by atoms with Crippen LogP contribution in [0.5, 0.6) is 0 Å². The highest BCUT2D eigenvalue weighted by Gasteiger charge is 2.24. The van der Waals surface area contributed by atoms with Gasteiger partial charge < -0.3 is 20.3 Å². The topological polar surface area (TPSA) is 95.9 Å². The third kappa shape index (κ3) is 41.8. The van der Waals surface area contributed by atoms with Gasteiger partial charge in [0.2, 0.25) is 5.91 Å². The highest BCUT2D eigenvalue weighted by Crippen LogP contribution is 2.17. The quantitative estimate of drug-likeness (QED) is 0.0246. The van der Waals surface area contributed by atoms with Crippen molar-refractivity contribution in [1.82, 2.24) is 5.32 Å². The number of ether oxygens (including phenoxy) is 1. The molecule has 0 saturated carbocycles. The standard InChI is InChI=1S/C53H93NO5/c1-4-7-10-13-16-19-22-23-24-25-26-27-28-29-31-34-37-40-43-46-53(58)59-49(44-41-38-35-32-30-20-17-14-11-8-5-2)47-52(57)54-50(48-55)51(56)45-42-39-36-33-21-18-15-12-9-6-3/h8,11,14,16-17,19-20,23-24,30,32,35,49-51,55-56H,4-7,9-10,12-13,15,18,21-22,25-29,31,33-34,36-48H2,1-3H3,(H,54,57)/b11-8+,17-14+,19-16-,24-23-,30-20-,35-32-. The summed E-state index contributed by atoms with van der Waals surface area (Å²) in [4.78, 5) is 26.0. The average Bonchev–Trinajstić information content (AvgIpc) is 3.23. The van der Waals surface area contributed by atoms with Crippen molar-refractivity contribution in [2.75, 3.05) is 6.61 Å². The number of carbonyl (C=O) groups excluding carboxylic acids is 2. The van der Waals surface area contributed by atoms with E-state index < -0.39 is 18.2 Å². The third-order valence-corrected chi connectivity index (χ3v) is 10.9. The lowest BCUT2D eigenvalue weighted by Gasteiger charge is -2.24. The summed E-state index contributed by atoms with van der Waals surface area (Å²) in [7, 11) is 0. The Morgan fingerprint density at radius 3 is 1.58 bits per heavy atom. The van der Waals surface area contributed by atoms with Crippen LogP contribution in [-0.2, 0) is 14.3 Å². The molecule has 0 aliphatic rings. The lowest BCUT2D eigenvalue weighted by Crippen LogP contribution is -2.46. The maximum absolute atomic E-state index is 13.1. The second-order valence-electron chi connectivity index (χ2n) is 16.6. The van der Waals surface area contributed by atoms with E-state index in [9.17, 15) is 19.8 Å². The van der Waals surface area contributed by atoms with Crippen LogP contribution in [0, 0.1) is 0 Å². The molecule has 59 heavy (non-hydrogen) atoms. The van der Waals surface area contributed by atoms with Crippen LogP contribution in [0.3, 0.4) is 0 Å². The fraction of sp³-hybridized carbons (Fsp3) is 0.736. The minimum atomic E-state index is -0.806. The summed E-state index contributed by atoms with van der Waals surface area (Å²) in [5, 5.41) is 23.6. The van der Waals surface area contributed by atoms with E-state index in [1.54, 1.807) is 0 Å². The zero-order chi connectivity index (χ0) is 43.1. The molecular formula is C53H93NO5. The highest BCUT2D eigenvalue weighted by atomic mass is 16.5. The smallest absolute Gasteiger partial charge is 0.306 e. The van der Waals surface area contributed by atoms with Crippen molar-refractivity contribution in [2.24, 2.45) is 0 Å². The van der Waals surface area contributed by atoms with Crippen LogP contribution in [-0.4, -0.2) is 46.9 Å². The van der Waals surface area contributed by atoms with Gasteiger partial charge in [-0.2, -0.15) is 0 Å². The molecule has 340 valence electrons. The van der Waals surface area contributed by atoms with Gasteiger partial charge in [-0.3, -0.25) is 9.59 Å². The molecule has 0 aromatic rings. The number of amides is 1. The molecule has 0 heterocycles. The van der Waals surface area contributed by atoms with Crippen molar-refractivity contribution < 1.29 is 24.5 Å². The number of unbranched alkanes of at least 4 members (excludes halogenated alkanes) is 22. The first-order chi connectivity index (χ1) is 29.0. The van der Waals surface area contributed by atoms with Crippen molar-refractivity contribution >= 4 is 11.9 Å². The maximum Gasteiger partial charge on any atom is 0.306 e. The minimum Gasteiger partial charge on any atom is -0.462 e. The van der Waals surface area contributed by atoms with E-state index in [2.05, 4.69) is 62.5 Å². The van der Waals surface area contributed by atoms with Crippen LogP contribution in [0.1, 0.15) is 226 Å². The molecule has 0 aromatic carbocycles. The van der Waals surface area contributed by atoms with Crippen molar-refractivity contribution in [3.8, 4) is 0 Å². The lowest BCUT2D eigenvalue weighted by atomic mass is 10.0. The normalized spacial score (nSPS) is 13.9. The number of carbonyl (C=O) groups is 2. The second-order valence-corrected chi connectivity index (χ2v) is 16.6. The van der Waals surface area contributed by atoms with Gasteiger partial charge in [-0.25, -0.2) is 0 Å². The van der Waals surface area contributed by atoms with Crippen molar-refractivity contribution in [3.05, 3.63) is 72.9 Å². The predicted octanol–water partition coefficient (Wildman–Crippen LogP) is 14.6. The van der Waals surface area contributed by atoms with E-state index in [1.165, 1.54) is 116 Å². The van der Waals surface area contributed by atoms with Crippen molar-refractivity contribution in [1.29, 1.82) is 0 Å². The van der Waals surface area contributed by atoms with Gasteiger partial charge in [0.1, 0.15) is 6.10 Å². The van der Waals surface area contributed by atoms with Gasteiger partial charge in [-0.15, -0.1) is 0 Å². The SMILES string of the molecule is CC/C=C/C=C/C=C\C=C/CCCC(CC(=O)NC(CO)C(O)CCCCCCCCCCCC)OC(=O)CCCCCCCCCCC/C=C\C/C=C\CCCCC. The van der Waals surface area contributed by atoms with Gasteiger partial charge in [-0.1, -0.05) is 216 Å². The van der Waals surface area contributed by atoms with E-state index >= 15 is 0 Å². The summed E-state index contributed by atoms with van der Waals surface area (Å²) in [6, 6.07) is -0.724. The predicted molar refractivity (Wildman–Crippen MR) is 255 cm³/mol. The van der Waals surface area contributed by atoms with Crippen LogP contribution in [0.25, 0.3) is 0 Å². The molecule has 0 rings (SSSR count). The van der Waals surface area contributed by atoms with E-state index in [0.717, 1.165) is 64.2 Å². The maximum atomic E-state index is 13.1. The van der Waals surface area contributed by atoms with Crippen LogP contribution >= 0.6 is 0 Å². The van der Waals surface area contributed by atoms with Crippen molar-refractivity contribution in [3.63, 3.8) is 0 Å². The number of aliphatic hydroxyl groups is 2. The van der Waals surface area contributed by atoms with Crippen LogP contribution in [0.2, 0.25) is 0 Å². The fourth-order valence-corrected chi connectivity index (χ4v) is 7.12. The Kier molecular flexibility index (Phi) is 44.2. The van der Waals surface area contributed by atoms with Gasteiger partial charge >= 0.3 is 5.97 Å². The Hall–Kier alpha value is -2.70. The molecular weight excluding hydrogens is 731 g/mol. The Morgan fingerprint density at radius 1 is 0.525 bits per heavy atom. The van der Waals surface area contributed by atoms with E-state index in [4.69, 9.17) is 4.74 Å². The number of allylic oxidation sites excluding steroid dienone is 12. The number of esters is 1. The summed E-state index contributed by atoms with van der Waals surface area (Å²) in [6.45, 7) is 6.27. The zero-order valence-corrected chi connectivity index (χ0v) is 38.6. The molecule has 6 heteroatoms. The van der Waals surface area contributed by atoms with E-state index in [1.807, 2.05) is 36.5 Å². The summed E-state index contributed by atoms with van der Waals surface area (Å²) < 4.78 is 5.88. The van der Waals surface area contributed by atoms with Crippen LogP contribution < -0.4 is 5.32 Å². The van der Waals surface area contributed by atoms with Gasteiger partial charge in [0.15, 0.2) is 0 Å². The number of aliphatic hydroxyl groups excluding tert-OH is 2. The Balaban J connectivity index is 4.57. The molecule has 0 aliphatic carbocycles. The first kappa shape index (κ1) is 56.3.